The predicted molar refractivity (Wildman–Crippen MR) is 73.8 cm³/mol. The fraction of sp³-hybridized carbons (Fsp3) is 0.154. The summed E-state index contributed by atoms with van der Waals surface area (Å²) >= 11 is 3.03. The first-order valence-corrected chi connectivity index (χ1v) is 6.62. The Labute approximate surface area is 127 Å². The summed E-state index contributed by atoms with van der Waals surface area (Å²) in [6, 6.07) is 2.45. The van der Waals surface area contributed by atoms with E-state index in [-0.39, 0.29) is 21.8 Å². The molecule has 5 nitrogen and oxygen atoms in total. The van der Waals surface area contributed by atoms with E-state index in [2.05, 4.69) is 25.9 Å². The number of hydrogen-bond donors (Lipinski definition) is 1. The quantitative estimate of drug-likeness (QED) is 0.912. The van der Waals surface area contributed by atoms with Gasteiger partial charge in [-0.15, -0.1) is 0 Å². The predicted octanol–water partition coefficient (Wildman–Crippen LogP) is 2.90. The third-order valence-electron chi connectivity index (χ3n) is 2.71. The van der Waals surface area contributed by atoms with Gasteiger partial charge in [-0.25, -0.2) is 13.8 Å². The van der Waals surface area contributed by atoms with Crippen LogP contribution in [0.15, 0.2) is 29.0 Å². The molecule has 0 radical (unpaired) electrons. The summed E-state index contributed by atoms with van der Waals surface area (Å²) < 4.78 is 32.2. The zero-order chi connectivity index (χ0) is 15.6. The number of nitrogens with two attached hydrogens (primary N) is 1. The van der Waals surface area contributed by atoms with Crippen molar-refractivity contribution in [1.29, 1.82) is 0 Å². The Morgan fingerprint density at radius 2 is 2.05 bits per heavy atom. The minimum Gasteiger partial charge on any atom is -0.436 e. The fourth-order valence-corrected chi connectivity index (χ4v) is 1.89. The molecular formula is C13H10BrF2N3O2. The standard InChI is InChI=1S/C13H10BrF2N3O2/c1-6(13(17)20)12-11(16)10(14)8(5-19-12)21-9-3-2-7(15)4-18-9/h2-6H,1H3,(H2,17,20). The molecule has 0 spiro atoms. The number of hydrogen-bond acceptors (Lipinski definition) is 4. The van der Waals surface area contributed by atoms with Gasteiger partial charge in [-0.05, 0) is 28.9 Å². The van der Waals surface area contributed by atoms with Gasteiger partial charge in [-0.1, -0.05) is 0 Å². The second kappa shape index (κ2) is 6.13. The van der Waals surface area contributed by atoms with Gasteiger partial charge in [0.25, 0.3) is 0 Å². The van der Waals surface area contributed by atoms with Crippen LogP contribution >= 0.6 is 15.9 Å². The highest BCUT2D eigenvalue weighted by Gasteiger charge is 2.22. The Morgan fingerprint density at radius 3 is 2.62 bits per heavy atom. The molecule has 0 aliphatic rings. The van der Waals surface area contributed by atoms with E-state index in [1.165, 1.54) is 19.2 Å². The molecular weight excluding hydrogens is 348 g/mol. The molecule has 0 fully saturated rings. The highest BCUT2D eigenvalue weighted by Crippen LogP contribution is 2.33. The lowest BCUT2D eigenvalue weighted by Crippen LogP contribution is -2.21. The number of aromatic nitrogens is 2. The van der Waals surface area contributed by atoms with Crippen LogP contribution in [0, 0.1) is 11.6 Å². The molecule has 0 saturated heterocycles. The average Bonchev–Trinajstić information content (AvgIpc) is 2.45. The molecule has 21 heavy (non-hydrogen) atoms. The zero-order valence-electron chi connectivity index (χ0n) is 10.8. The van der Waals surface area contributed by atoms with Gasteiger partial charge in [0.1, 0.15) is 5.82 Å². The number of halogens is 3. The highest BCUT2D eigenvalue weighted by atomic mass is 79.9. The van der Waals surface area contributed by atoms with E-state index in [0.29, 0.717) is 0 Å². The molecule has 2 rings (SSSR count). The Bertz CT molecular complexity index is 680. The van der Waals surface area contributed by atoms with Crippen molar-refractivity contribution in [2.24, 2.45) is 5.73 Å². The van der Waals surface area contributed by atoms with E-state index < -0.39 is 23.5 Å². The summed E-state index contributed by atoms with van der Waals surface area (Å²) in [6.07, 6.45) is 2.20. The number of pyridine rings is 2. The van der Waals surface area contributed by atoms with Crippen molar-refractivity contribution in [2.45, 2.75) is 12.8 Å². The molecule has 0 aliphatic heterocycles. The summed E-state index contributed by atoms with van der Waals surface area (Å²) in [5.41, 5.74) is 5.04. The zero-order valence-corrected chi connectivity index (χ0v) is 12.4. The van der Waals surface area contributed by atoms with Gasteiger partial charge in [0.05, 0.1) is 28.5 Å². The summed E-state index contributed by atoms with van der Waals surface area (Å²) in [6.45, 7) is 1.45. The van der Waals surface area contributed by atoms with Crippen LogP contribution in [0.1, 0.15) is 18.5 Å². The van der Waals surface area contributed by atoms with Crippen molar-refractivity contribution in [1.82, 2.24) is 9.97 Å². The van der Waals surface area contributed by atoms with Gasteiger partial charge >= 0.3 is 0 Å². The van der Waals surface area contributed by atoms with E-state index in [9.17, 15) is 13.6 Å². The Hall–Kier alpha value is -2.09. The topological polar surface area (TPSA) is 78.1 Å². The van der Waals surface area contributed by atoms with E-state index in [1.54, 1.807) is 0 Å². The second-order valence-electron chi connectivity index (χ2n) is 4.18. The molecule has 2 aromatic heterocycles. The highest BCUT2D eigenvalue weighted by molar-refractivity contribution is 9.10. The lowest BCUT2D eigenvalue weighted by atomic mass is 10.1. The van der Waals surface area contributed by atoms with Crippen molar-refractivity contribution in [3.63, 3.8) is 0 Å². The smallest absolute Gasteiger partial charge is 0.226 e. The summed E-state index contributed by atoms with van der Waals surface area (Å²) in [4.78, 5) is 18.6. The molecule has 0 bridgehead atoms. The first-order chi connectivity index (χ1) is 9.90. The summed E-state index contributed by atoms with van der Waals surface area (Å²) in [7, 11) is 0. The van der Waals surface area contributed by atoms with Crippen LogP contribution in [-0.2, 0) is 4.79 Å². The molecule has 0 aromatic carbocycles. The van der Waals surface area contributed by atoms with Crippen LogP contribution in [0.3, 0.4) is 0 Å². The number of ether oxygens (including phenoxy) is 1. The maximum atomic E-state index is 14.2. The summed E-state index contributed by atoms with van der Waals surface area (Å²) in [5.74, 6) is -2.71. The maximum Gasteiger partial charge on any atom is 0.226 e. The first-order valence-electron chi connectivity index (χ1n) is 5.82. The first kappa shape index (κ1) is 15.3. The molecule has 2 heterocycles. The van der Waals surface area contributed by atoms with Crippen LogP contribution in [0.5, 0.6) is 11.6 Å². The second-order valence-corrected chi connectivity index (χ2v) is 4.97. The average molecular weight is 358 g/mol. The lowest BCUT2D eigenvalue weighted by molar-refractivity contribution is -0.119. The number of primary amides is 1. The van der Waals surface area contributed by atoms with Gasteiger partial charge in [-0.3, -0.25) is 9.78 Å². The number of nitrogens with zero attached hydrogens (tertiary/aromatic N) is 2. The Kier molecular flexibility index (Phi) is 4.46. The molecule has 2 aromatic rings. The van der Waals surface area contributed by atoms with Gasteiger partial charge in [0.15, 0.2) is 11.6 Å². The Balaban J connectivity index is 2.32. The van der Waals surface area contributed by atoms with Crippen molar-refractivity contribution in [3.05, 3.63) is 46.3 Å². The number of carbonyl (C=O) groups excluding carboxylic acids is 1. The van der Waals surface area contributed by atoms with Gasteiger partial charge in [0, 0.05) is 6.07 Å². The van der Waals surface area contributed by atoms with E-state index >= 15 is 0 Å². The van der Waals surface area contributed by atoms with Crippen LogP contribution in [-0.4, -0.2) is 15.9 Å². The third kappa shape index (κ3) is 3.33. The van der Waals surface area contributed by atoms with E-state index in [1.807, 2.05) is 0 Å². The molecule has 8 heteroatoms. The van der Waals surface area contributed by atoms with Crippen molar-refractivity contribution in [2.75, 3.05) is 0 Å². The number of carbonyl (C=O) groups is 1. The van der Waals surface area contributed by atoms with Crippen LogP contribution in [0.4, 0.5) is 8.78 Å². The Morgan fingerprint density at radius 1 is 1.33 bits per heavy atom. The van der Waals surface area contributed by atoms with Crippen LogP contribution in [0.25, 0.3) is 0 Å². The minimum atomic E-state index is -0.876. The van der Waals surface area contributed by atoms with E-state index in [4.69, 9.17) is 10.5 Å². The number of amides is 1. The summed E-state index contributed by atoms with van der Waals surface area (Å²) in [5, 5.41) is 0. The lowest BCUT2D eigenvalue weighted by Gasteiger charge is -2.12. The molecule has 110 valence electrons. The normalized spacial score (nSPS) is 12.0. The van der Waals surface area contributed by atoms with Gasteiger partial charge < -0.3 is 10.5 Å². The minimum absolute atomic E-state index is 0.0216. The molecule has 0 saturated carbocycles. The van der Waals surface area contributed by atoms with Crippen molar-refractivity contribution < 1.29 is 18.3 Å². The van der Waals surface area contributed by atoms with Gasteiger partial charge in [-0.2, -0.15) is 0 Å². The molecule has 2 N–H and O–H groups in total. The largest absolute Gasteiger partial charge is 0.436 e. The van der Waals surface area contributed by atoms with Crippen LogP contribution < -0.4 is 10.5 Å². The fourth-order valence-electron chi connectivity index (χ4n) is 1.51. The molecule has 1 amide bonds. The van der Waals surface area contributed by atoms with Crippen molar-refractivity contribution >= 4 is 21.8 Å². The van der Waals surface area contributed by atoms with Gasteiger partial charge in [0.2, 0.25) is 11.8 Å². The molecule has 1 atom stereocenters. The van der Waals surface area contributed by atoms with Crippen LogP contribution in [0.2, 0.25) is 0 Å². The number of rotatable bonds is 4. The molecule has 0 aliphatic carbocycles. The van der Waals surface area contributed by atoms with Crippen molar-refractivity contribution in [3.8, 4) is 11.6 Å². The maximum absolute atomic E-state index is 14.2. The monoisotopic (exact) mass is 357 g/mol. The third-order valence-corrected chi connectivity index (χ3v) is 3.45. The van der Waals surface area contributed by atoms with E-state index in [0.717, 1.165) is 12.3 Å². The SMILES string of the molecule is CC(C(N)=O)c1ncc(Oc2ccc(F)cn2)c(Br)c1F. The molecule has 1 unspecified atom stereocenters.